The summed E-state index contributed by atoms with van der Waals surface area (Å²) in [5.74, 6) is 1.64. The SMILES string of the molecule is COCC(O)CN1CCC(c2ccc(-c3nc4ncc(Cl)c(N[C@@H]5[C@H]6C=CC6[C@@H]5C(N)=O)c4[nH]3)c(OC)c2)CC1. The number of nitrogens with two attached hydrogens (primary N) is 1. The lowest BCUT2D eigenvalue weighted by atomic mass is 9.54. The van der Waals surface area contributed by atoms with Crippen LogP contribution >= 0.6 is 11.6 Å². The number of pyridine rings is 1. The number of aliphatic hydroxyl groups is 1. The van der Waals surface area contributed by atoms with Crippen LogP contribution in [0.2, 0.25) is 5.02 Å². The lowest BCUT2D eigenvalue weighted by Gasteiger charge is -2.53. The Morgan fingerprint density at radius 3 is 2.73 bits per heavy atom. The molecule has 6 rings (SSSR count). The summed E-state index contributed by atoms with van der Waals surface area (Å²) in [6.45, 7) is 2.84. The molecular weight excluding hydrogens is 532 g/mol. The molecule has 212 valence electrons. The second-order valence-electron chi connectivity index (χ2n) is 11.0. The number of halogens is 1. The van der Waals surface area contributed by atoms with Crippen LogP contribution in [-0.4, -0.2) is 83.5 Å². The van der Waals surface area contributed by atoms with Crippen LogP contribution in [-0.2, 0) is 9.53 Å². The van der Waals surface area contributed by atoms with E-state index in [0.717, 1.165) is 37.2 Å². The summed E-state index contributed by atoms with van der Waals surface area (Å²) in [4.78, 5) is 26.9. The van der Waals surface area contributed by atoms with Crippen LogP contribution in [0.4, 0.5) is 5.69 Å². The number of hydrogen-bond acceptors (Lipinski definition) is 8. The summed E-state index contributed by atoms with van der Waals surface area (Å²) in [6.07, 6.45) is 7.28. The third kappa shape index (κ3) is 4.83. The highest BCUT2D eigenvalue weighted by Crippen LogP contribution is 2.50. The monoisotopic (exact) mass is 566 g/mol. The van der Waals surface area contributed by atoms with Crippen molar-refractivity contribution in [3.05, 3.63) is 47.1 Å². The van der Waals surface area contributed by atoms with E-state index in [1.807, 2.05) is 12.1 Å². The van der Waals surface area contributed by atoms with Crippen molar-refractivity contribution in [3.8, 4) is 17.1 Å². The fourth-order valence-electron chi connectivity index (χ4n) is 6.49. The van der Waals surface area contributed by atoms with Gasteiger partial charge in [-0.2, -0.15) is 0 Å². The number of fused-ring (bicyclic) bond motifs is 2. The maximum Gasteiger partial charge on any atom is 0.223 e. The van der Waals surface area contributed by atoms with Crippen LogP contribution < -0.4 is 15.8 Å². The number of aliphatic hydroxyl groups excluding tert-OH is 1. The lowest BCUT2D eigenvalue weighted by molar-refractivity contribution is -0.129. The highest BCUT2D eigenvalue weighted by Gasteiger charge is 2.55. The number of nitrogens with zero attached hydrogens (tertiary/aromatic N) is 3. The second-order valence-corrected chi connectivity index (χ2v) is 11.5. The molecule has 2 unspecified atom stereocenters. The van der Waals surface area contributed by atoms with Gasteiger partial charge in [0.05, 0.1) is 48.2 Å². The number of primary amides is 1. The molecule has 5 N–H and O–H groups in total. The molecule has 2 aliphatic carbocycles. The van der Waals surface area contributed by atoms with Crippen LogP contribution in [0.15, 0.2) is 36.5 Å². The molecule has 11 heteroatoms. The smallest absolute Gasteiger partial charge is 0.223 e. The maximum atomic E-state index is 12.1. The number of piperidine rings is 1. The first-order valence-electron chi connectivity index (χ1n) is 13.7. The standard InChI is InChI=1S/C29H35ClN6O4/c1-39-14-17(37)13-36-9-7-15(8-10-36)16-3-4-20(22(11-16)40-2)28-34-26-25(21(30)12-32-29(26)35-28)33-24-19-6-5-18(19)23(24)27(31)38/h3-6,11-12,15,17-19,23-24,37H,7-10,13-14H2,1-2H3,(H2,31,38)(H2,32,33,34,35)/t17?,18?,19-,23-,24+/m0/s1. The molecule has 2 aromatic heterocycles. The van der Waals surface area contributed by atoms with E-state index in [1.165, 1.54) is 5.56 Å². The quantitative estimate of drug-likeness (QED) is 0.274. The zero-order valence-electron chi connectivity index (χ0n) is 22.6. The van der Waals surface area contributed by atoms with Gasteiger partial charge in [0.2, 0.25) is 5.91 Å². The predicted octanol–water partition coefficient (Wildman–Crippen LogP) is 3.17. The maximum absolute atomic E-state index is 12.1. The van der Waals surface area contributed by atoms with Gasteiger partial charge in [-0.3, -0.25) is 4.79 Å². The number of allylic oxidation sites excluding steroid dienone is 1. The Hall–Kier alpha value is -3.18. The largest absolute Gasteiger partial charge is 0.496 e. The first kappa shape index (κ1) is 27.0. The normalized spacial score (nSPS) is 25.2. The van der Waals surface area contributed by atoms with Gasteiger partial charge in [0.25, 0.3) is 0 Å². The Bertz CT molecular complexity index is 1440. The highest BCUT2D eigenvalue weighted by atomic mass is 35.5. The van der Waals surface area contributed by atoms with Gasteiger partial charge in [-0.05, 0) is 55.5 Å². The number of ether oxygens (including phenoxy) is 2. The lowest BCUT2D eigenvalue weighted by Crippen LogP contribution is -2.61. The molecule has 0 bridgehead atoms. The summed E-state index contributed by atoms with van der Waals surface area (Å²) in [6, 6.07) is 6.15. The summed E-state index contributed by atoms with van der Waals surface area (Å²) < 4.78 is 10.9. The fourth-order valence-corrected chi connectivity index (χ4v) is 6.69. The zero-order valence-corrected chi connectivity index (χ0v) is 23.4. The van der Waals surface area contributed by atoms with Gasteiger partial charge in [-0.15, -0.1) is 0 Å². The van der Waals surface area contributed by atoms with E-state index in [1.54, 1.807) is 20.4 Å². The fraction of sp³-hybridized carbons (Fsp3) is 0.483. The van der Waals surface area contributed by atoms with Crippen molar-refractivity contribution in [2.75, 3.05) is 45.8 Å². The van der Waals surface area contributed by atoms with Gasteiger partial charge in [0.15, 0.2) is 5.65 Å². The molecule has 10 nitrogen and oxygen atoms in total. The third-order valence-electron chi connectivity index (χ3n) is 8.70. The number of methoxy groups -OCH3 is 2. The summed E-state index contributed by atoms with van der Waals surface area (Å²) in [7, 11) is 3.27. The summed E-state index contributed by atoms with van der Waals surface area (Å²) >= 11 is 6.58. The Kier molecular flexibility index (Phi) is 7.43. The molecule has 5 atom stereocenters. The molecule has 0 spiro atoms. The van der Waals surface area contributed by atoms with Gasteiger partial charge in [0, 0.05) is 25.6 Å². The predicted molar refractivity (Wildman–Crippen MR) is 153 cm³/mol. The molecule has 3 aromatic rings. The summed E-state index contributed by atoms with van der Waals surface area (Å²) in [5, 5.41) is 14.0. The molecule has 2 fully saturated rings. The molecule has 1 saturated heterocycles. The van der Waals surface area contributed by atoms with E-state index < -0.39 is 6.10 Å². The van der Waals surface area contributed by atoms with E-state index in [4.69, 9.17) is 31.8 Å². The Labute approximate surface area is 237 Å². The number of benzene rings is 1. The number of aromatic nitrogens is 3. The van der Waals surface area contributed by atoms with Crippen molar-refractivity contribution in [3.63, 3.8) is 0 Å². The first-order valence-corrected chi connectivity index (χ1v) is 14.1. The van der Waals surface area contributed by atoms with Gasteiger partial charge in [-0.1, -0.05) is 29.8 Å². The molecular formula is C29H35ClN6O4. The zero-order chi connectivity index (χ0) is 28.0. The minimum Gasteiger partial charge on any atom is -0.496 e. The number of imidazole rings is 1. The van der Waals surface area contributed by atoms with Crippen LogP contribution in [0.1, 0.15) is 24.3 Å². The average Bonchev–Trinajstić information content (AvgIpc) is 3.36. The molecule has 1 aliphatic heterocycles. The third-order valence-corrected chi connectivity index (χ3v) is 8.98. The Morgan fingerprint density at radius 2 is 2.05 bits per heavy atom. The van der Waals surface area contributed by atoms with Crippen molar-refractivity contribution < 1.29 is 19.4 Å². The molecule has 0 radical (unpaired) electrons. The van der Waals surface area contributed by atoms with E-state index in [9.17, 15) is 9.90 Å². The molecule has 1 aromatic carbocycles. The number of amides is 1. The van der Waals surface area contributed by atoms with Crippen molar-refractivity contribution in [1.82, 2.24) is 19.9 Å². The van der Waals surface area contributed by atoms with Crippen LogP contribution in [0.25, 0.3) is 22.6 Å². The minimum atomic E-state index is -0.463. The number of likely N-dealkylation sites (tertiary alicyclic amines) is 1. The number of H-pyrrole nitrogens is 1. The Morgan fingerprint density at radius 1 is 1.27 bits per heavy atom. The molecule has 3 aliphatic rings. The average molecular weight is 567 g/mol. The van der Waals surface area contributed by atoms with Gasteiger partial charge in [-0.25, -0.2) is 9.97 Å². The van der Waals surface area contributed by atoms with Gasteiger partial charge >= 0.3 is 0 Å². The summed E-state index contributed by atoms with van der Waals surface area (Å²) in [5.41, 5.74) is 9.59. The molecule has 1 amide bonds. The number of carbonyl (C=O) groups excluding carboxylic acids is 1. The highest BCUT2D eigenvalue weighted by molar-refractivity contribution is 6.34. The van der Waals surface area contributed by atoms with Crippen molar-refractivity contribution in [2.24, 2.45) is 23.5 Å². The van der Waals surface area contributed by atoms with Gasteiger partial charge in [0.1, 0.15) is 17.1 Å². The van der Waals surface area contributed by atoms with Crippen molar-refractivity contribution in [1.29, 1.82) is 0 Å². The van der Waals surface area contributed by atoms with E-state index >= 15 is 0 Å². The van der Waals surface area contributed by atoms with E-state index in [-0.39, 0.29) is 29.7 Å². The molecule has 1 saturated carbocycles. The van der Waals surface area contributed by atoms with E-state index in [2.05, 4.69) is 38.4 Å². The van der Waals surface area contributed by atoms with Crippen LogP contribution in [0.5, 0.6) is 5.75 Å². The van der Waals surface area contributed by atoms with Crippen LogP contribution in [0.3, 0.4) is 0 Å². The van der Waals surface area contributed by atoms with Gasteiger partial charge < -0.3 is 35.5 Å². The minimum absolute atomic E-state index is 0.120. The molecule has 40 heavy (non-hydrogen) atoms. The first-order chi connectivity index (χ1) is 19.4. The topological polar surface area (TPSA) is 139 Å². The molecule has 3 heterocycles. The number of rotatable bonds is 10. The van der Waals surface area contributed by atoms with Crippen LogP contribution in [0, 0.1) is 17.8 Å². The van der Waals surface area contributed by atoms with Crippen molar-refractivity contribution in [2.45, 2.75) is 30.9 Å². The Balaban J connectivity index is 1.22. The number of aromatic amines is 1. The number of anilines is 1. The second kappa shape index (κ2) is 11.0. The number of β-amino-alcohol motifs (C(OH)–C–C–N with tert-alkyl or cyclic N) is 1. The van der Waals surface area contributed by atoms with E-state index in [0.29, 0.717) is 46.8 Å². The number of hydrogen-bond donors (Lipinski definition) is 4. The number of carbonyl (C=O) groups is 1. The van der Waals surface area contributed by atoms with Crippen molar-refractivity contribution >= 4 is 34.4 Å². The number of nitrogens with one attached hydrogen (secondary N) is 2.